The Kier molecular flexibility index (Phi) is 5.74. The van der Waals surface area contributed by atoms with Gasteiger partial charge in [-0.3, -0.25) is 14.3 Å². The molecule has 0 radical (unpaired) electrons. The summed E-state index contributed by atoms with van der Waals surface area (Å²) in [5.74, 6) is -0.543. The Morgan fingerprint density at radius 2 is 1.94 bits per heavy atom. The van der Waals surface area contributed by atoms with Gasteiger partial charge in [0.25, 0.3) is 17.2 Å². The Morgan fingerprint density at radius 1 is 1.16 bits per heavy atom. The van der Waals surface area contributed by atoms with Gasteiger partial charge in [-0.1, -0.05) is 31.2 Å². The number of fused-ring (bicyclic) bond motifs is 1. The van der Waals surface area contributed by atoms with Crippen LogP contribution >= 0.6 is 0 Å². The number of ether oxygens (including phenoxy) is 1. The summed E-state index contributed by atoms with van der Waals surface area (Å²) in [5.41, 5.74) is 0.457. The second kappa shape index (κ2) is 8.78. The van der Waals surface area contributed by atoms with Gasteiger partial charge in [-0.15, -0.1) is 0 Å². The number of amides is 1. The quantitative estimate of drug-likeness (QED) is 0.495. The van der Waals surface area contributed by atoms with Gasteiger partial charge in [0.1, 0.15) is 24.5 Å². The molecular weight excluding hydrogens is 401 g/mol. The molecule has 2 aromatic carbocycles. The molecule has 2 heterocycles. The first-order valence-corrected chi connectivity index (χ1v) is 9.78. The molecule has 4 aromatic rings. The molecule has 31 heavy (non-hydrogen) atoms. The molecule has 0 spiro atoms. The minimum Gasteiger partial charge on any atom is -0.485 e. The lowest BCUT2D eigenvalue weighted by molar-refractivity contribution is 0.102. The van der Waals surface area contributed by atoms with Gasteiger partial charge in [-0.2, -0.15) is 9.50 Å². The second-order valence-corrected chi connectivity index (χ2v) is 6.82. The number of carbonyl (C=O) groups excluding carboxylic acids is 1. The highest BCUT2D eigenvalue weighted by Gasteiger charge is 2.14. The molecule has 0 bridgehead atoms. The first-order valence-electron chi connectivity index (χ1n) is 9.78. The molecule has 0 atom stereocenters. The van der Waals surface area contributed by atoms with E-state index in [0.29, 0.717) is 29.5 Å². The summed E-state index contributed by atoms with van der Waals surface area (Å²) in [6.07, 6.45) is 2.43. The number of para-hydroxylation sites is 2. The van der Waals surface area contributed by atoms with Crippen LogP contribution in [0, 0.1) is 5.82 Å². The fraction of sp³-hybridized carbons (Fsp3) is 0.182. The summed E-state index contributed by atoms with van der Waals surface area (Å²) in [6.45, 7) is 2.66. The van der Waals surface area contributed by atoms with E-state index in [9.17, 15) is 14.0 Å². The van der Waals surface area contributed by atoms with Crippen molar-refractivity contribution in [2.75, 3.05) is 5.32 Å². The van der Waals surface area contributed by atoms with Crippen LogP contribution in [-0.2, 0) is 13.2 Å². The highest BCUT2D eigenvalue weighted by molar-refractivity contribution is 6.05. The number of hydrogen-bond donors (Lipinski definition) is 1. The number of hydrogen-bond acceptors (Lipinski definition) is 5. The van der Waals surface area contributed by atoms with Crippen LogP contribution in [0.15, 0.2) is 65.7 Å². The van der Waals surface area contributed by atoms with Crippen molar-refractivity contribution in [2.45, 2.75) is 26.5 Å². The normalized spacial score (nSPS) is 10.9. The summed E-state index contributed by atoms with van der Waals surface area (Å²) in [7, 11) is 0. The van der Waals surface area contributed by atoms with Crippen molar-refractivity contribution in [3.05, 3.63) is 88.4 Å². The number of nitrogens with zero attached hydrogens (tertiary/aromatic N) is 4. The Bertz CT molecular complexity index is 1300. The third-order valence-electron chi connectivity index (χ3n) is 4.58. The Balaban J connectivity index is 1.53. The standard InChI is InChI=1S/C22H20FN5O3/c1-2-11-27-14-24-22-25-15(12-20(29)28(22)27)13-31-19-10-6-5-9-18(19)26-21(30)16-7-3-4-8-17(16)23/h3-10,12,14H,2,11,13H2,1H3,(H,26,30). The zero-order valence-electron chi connectivity index (χ0n) is 16.8. The van der Waals surface area contributed by atoms with E-state index >= 15 is 0 Å². The minimum absolute atomic E-state index is 0.00103. The highest BCUT2D eigenvalue weighted by atomic mass is 19.1. The maximum Gasteiger partial charge on any atom is 0.274 e. The molecule has 8 nitrogen and oxygen atoms in total. The van der Waals surface area contributed by atoms with Gasteiger partial charge in [0.05, 0.1) is 16.9 Å². The number of carbonyl (C=O) groups is 1. The molecule has 0 saturated carbocycles. The smallest absolute Gasteiger partial charge is 0.274 e. The van der Waals surface area contributed by atoms with Gasteiger partial charge < -0.3 is 10.1 Å². The molecule has 0 aliphatic rings. The SMILES string of the molecule is CCCn1cnc2nc(COc3ccccc3NC(=O)c3ccccc3F)cc(=O)n21. The van der Waals surface area contributed by atoms with Crippen LogP contribution in [-0.4, -0.2) is 25.1 Å². The van der Waals surface area contributed by atoms with Gasteiger partial charge in [0.15, 0.2) is 0 Å². The monoisotopic (exact) mass is 421 g/mol. The lowest BCUT2D eigenvalue weighted by Crippen LogP contribution is -2.22. The third kappa shape index (κ3) is 4.30. The Labute approximate surface area is 176 Å². The number of halogens is 1. The van der Waals surface area contributed by atoms with E-state index in [-0.39, 0.29) is 17.7 Å². The molecule has 4 rings (SSSR count). The molecule has 0 saturated heterocycles. The second-order valence-electron chi connectivity index (χ2n) is 6.82. The largest absolute Gasteiger partial charge is 0.485 e. The number of aromatic nitrogens is 4. The predicted molar refractivity (Wildman–Crippen MR) is 113 cm³/mol. The number of rotatable bonds is 7. The Hall–Kier alpha value is -4.01. The van der Waals surface area contributed by atoms with Crippen LogP contribution in [0.25, 0.3) is 5.78 Å². The zero-order chi connectivity index (χ0) is 21.8. The minimum atomic E-state index is -0.612. The van der Waals surface area contributed by atoms with Crippen molar-refractivity contribution in [1.82, 2.24) is 19.2 Å². The van der Waals surface area contributed by atoms with Crippen LogP contribution in [0.4, 0.5) is 10.1 Å². The van der Waals surface area contributed by atoms with E-state index in [0.717, 1.165) is 6.42 Å². The fourth-order valence-electron chi connectivity index (χ4n) is 3.15. The van der Waals surface area contributed by atoms with Crippen LogP contribution in [0.2, 0.25) is 0 Å². The molecular formula is C22H20FN5O3. The van der Waals surface area contributed by atoms with Gasteiger partial charge in [0.2, 0.25) is 0 Å². The first kappa shape index (κ1) is 20.3. The van der Waals surface area contributed by atoms with Crippen LogP contribution in [0.3, 0.4) is 0 Å². The zero-order valence-corrected chi connectivity index (χ0v) is 16.8. The van der Waals surface area contributed by atoms with E-state index in [1.165, 1.54) is 28.8 Å². The molecule has 1 amide bonds. The average Bonchev–Trinajstić information content (AvgIpc) is 3.17. The predicted octanol–water partition coefficient (Wildman–Crippen LogP) is 3.27. The number of aryl methyl sites for hydroxylation is 1. The maximum atomic E-state index is 13.9. The van der Waals surface area contributed by atoms with E-state index in [1.54, 1.807) is 41.3 Å². The first-order chi connectivity index (χ1) is 15.1. The molecule has 1 N–H and O–H groups in total. The summed E-state index contributed by atoms with van der Waals surface area (Å²) < 4.78 is 22.8. The molecule has 2 aromatic heterocycles. The van der Waals surface area contributed by atoms with Gasteiger partial charge in [0, 0.05) is 12.6 Å². The topological polar surface area (TPSA) is 90.5 Å². The third-order valence-corrected chi connectivity index (χ3v) is 4.58. The van der Waals surface area contributed by atoms with Gasteiger partial charge >= 0.3 is 0 Å². The van der Waals surface area contributed by atoms with Crippen molar-refractivity contribution >= 4 is 17.4 Å². The lowest BCUT2D eigenvalue weighted by Gasteiger charge is -2.12. The van der Waals surface area contributed by atoms with E-state index in [2.05, 4.69) is 15.3 Å². The van der Waals surface area contributed by atoms with Crippen molar-refractivity contribution in [3.8, 4) is 5.75 Å². The van der Waals surface area contributed by atoms with Crippen molar-refractivity contribution in [3.63, 3.8) is 0 Å². The number of anilines is 1. The van der Waals surface area contributed by atoms with Crippen molar-refractivity contribution < 1.29 is 13.9 Å². The Morgan fingerprint density at radius 3 is 2.74 bits per heavy atom. The molecule has 158 valence electrons. The van der Waals surface area contributed by atoms with Crippen LogP contribution in [0.1, 0.15) is 29.4 Å². The highest BCUT2D eigenvalue weighted by Crippen LogP contribution is 2.25. The van der Waals surface area contributed by atoms with E-state index < -0.39 is 11.7 Å². The van der Waals surface area contributed by atoms with E-state index in [4.69, 9.17) is 4.74 Å². The van der Waals surface area contributed by atoms with Gasteiger partial charge in [-0.05, 0) is 30.7 Å². The average molecular weight is 421 g/mol. The summed E-state index contributed by atoms with van der Waals surface area (Å²) in [5, 5.41) is 2.66. The summed E-state index contributed by atoms with van der Waals surface area (Å²) in [6, 6.07) is 13.9. The number of benzene rings is 2. The molecule has 9 heteroatoms. The molecule has 0 unspecified atom stereocenters. The molecule has 0 aliphatic heterocycles. The fourth-order valence-corrected chi connectivity index (χ4v) is 3.15. The van der Waals surface area contributed by atoms with Crippen LogP contribution < -0.4 is 15.6 Å². The van der Waals surface area contributed by atoms with Gasteiger partial charge in [-0.25, -0.2) is 9.37 Å². The molecule has 0 aliphatic carbocycles. The number of nitrogens with one attached hydrogen (secondary N) is 1. The summed E-state index contributed by atoms with van der Waals surface area (Å²) >= 11 is 0. The summed E-state index contributed by atoms with van der Waals surface area (Å²) in [4.78, 5) is 33.5. The van der Waals surface area contributed by atoms with Crippen molar-refractivity contribution in [2.24, 2.45) is 0 Å². The van der Waals surface area contributed by atoms with Crippen LogP contribution in [0.5, 0.6) is 5.75 Å². The maximum absolute atomic E-state index is 13.9. The molecule has 0 fully saturated rings. The van der Waals surface area contributed by atoms with Crippen molar-refractivity contribution in [1.29, 1.82) is 0 Å². The van der Waals surface area contributed by atoms with E-state index in [1.807, 2.05) is 6.92 Å². The lowest BCUT2D eigenvalue weighted by atomic mass is 10.2.